The maximum atomic E-state index is 12.6. The molecule has 0 aromatic carbocycles. The molecule has 3 unspecified atom stereocenters. The molecule has 0 saturated carbocycles. The fraction of sp³-hybridized carbons (Fsp3) is 0.927. The average molecular weight is 749 g/mol. The zero-order valence-electron chi connectivity index (χ0n) is 33.1. The number of allylic oxidation sites excluding steroid dienone is 2. The number of aliphatic hydroxyl groups is 2. The van der Waals surface area contributed by atoms with Crippen LogP contribution in [0, 0.1) is 0 Å². The number of unbranched alkanes of at least 4 members (excludes halogenated alkanes) is 25. The Hall–Kier alpha value is -0.800. The van der Waals surface area contributed by atoms with Crippen LogP contribution in [0.5, 0.6) is 0 Å². The summed E-state index contributed by atoms with van der Waals surface area (Å²) in [5.41, 5.74) is 0. The summed E-state index contributed by atoms with van der Waals surface area (Å²) >= 11 is 0. The van der Waals surface area contributed by atoms with Crippen molar-refractivity contribution in [2.24, 2.45) is 0 Å². The first-order chi connectivity index (χ1) is 24.8. The SMILES string of the molecule is CCCCCCCC/C=C\CCCCCCCCCC(=O)OC(COCCCCCCCCCCCCCCC)COP(=O)(O)OCC(O)CO. The largest absolute Gasteiger partial charge is 0.472 e. The van der Waals surface area contributed by atoms with Crippen molar-refractivity contribution >= 4 is 13.8 Å². The van der Waals surface area contributed by atoms with E-state index < -0.39 is 33.2 Å². The van der Waals surface area contributed by atoms with Crippen molar-refractivity contribution in [3.8, 4) is 0 Å². The Kier molecular flexibility index (Phi) is 38.3. The molecule has 0 aliphatic rings. The van der Waals surface area contributed by atoms with Crippen LogP contribution >= 0.6 is 7.82 Å². The van der Waals surface area contributed by atoms with Crippen molar-refractivity contribution in [2.75, 3.05) is 33.0 Å². The first-order valence-electron chi connectivity index (χ1n) is 21.2. The van der Waals surface area contributed by atoms with Crippen LogP contribution in [0.3, 0.4) is 0 Å². The van der Waals surface area contributed by atoms with Gasteiger partial charge in [-0.15, -0.1) is 0 Å². The molecule has 0 fully saturated rings. The Morgan fingerprint density at radius 2 is 1.00 bits per heavy atom. The standard InChI is InChI=1S/C41H81O9P/c1-3-5-7-9-11-13-15-17-18-19-20-21-23-25-27-29-31-33-41(44)50-40(38-49-51(45,46)48-36-39(43)35-42)37-47-34-32-30-28-26-24-22-16-14-12-10-8-6-4-2/h17-18,39-40,42-43H,3-16,19-38H2,1-2H3,(H,45,46)/b18-17-. The van der Waals surface area contributed by atoms with E-state index in [0.717, 1.165) is 44.9 Å². The molecule has 0 radical (unpaired) electrons. The highest BCUT2D eigenvalue weighted by molar-refractivity contribution is 7.47. The summed E-state index contributed by atoms with van der Waals surface area (Å²) < 4.78 is 33.3. The third kappa shape index (κ3) is 38.7. The molecule has 10 heteroatoms. The first-order valence-corrected chi connectivity index (χ1v) is 22.7. The Balaban J connectivity index is 4.16. The maximum Gasteiger partial charge on any atom is 0.472 e. The van der Waals surface area contributed by atoms with Crippen molar-refractivity contribution in [1.29, 1.82) is 0 Å². The predicted octanol–water partition coefficient (Wildman–Crippen LogP) is 11.3. The normalized spacial score (nSPS) is 14.2. The van der Waals surface area contributed by atoms with E-state index in [4.69, 9.17) is 23.6 Å². The fourth-order valence-corrected chi connectivity index (χ4v) is 6.73. The summed E-state index contributed by atoms with van der Waals surface area (Å²) in [7, 11) is -4.51. The highest BCUT2D eigenvalue weighted by Crippen LogP contribution is 2.43. The van der Waals surface area contributed by atoms with Gasteiger partial charge in [0.1, 0.15) is 12.2 Å². The van der Waals surface area contributed by atoms with E-state index in [2.05, 4.69) is 26.0 Å². The number of carbonyl (C=O) groups excluding carboxylic acids is 1. The maximum absolute atomic E-state index is 12.6. The number of carbonyl (C=O) groups is 1. The van der Waals surface area contributed by atoms with E-state index in [9.17, 15) is 19.4 Å². The molecule has 0 aliphatic heterocycles. The second kappa shape index (κ2) is 38.9. The van der Waals surface area contributed by atoms with Gasteiger partial charge in [-0.3, -0.25) is 13.8 Å². The second-order valence-electron chi connectivity index (χ2n) is 14.4. The van der Waals surface area contributed by atoms with Gasteiger partial charge in [0.2, 0.25) is 0 Å². The molecule has 0 heterocycles. The molecule has 0 bridgehead atoms. The summed E-state index contributed by atoms with van der Waals surface area (Å²) in [6.45, 7) is 3.54. The van der Waals surface area contributed by atoms with E-state index in [-0.39, 0.29) is 25.6 Å². The number of hydrogen-bond acceptors (Lipinski definition) is 8. The summed E-state index contributed by atoms with van der Waals surface area (Å²) in [5, 5.41) is 18.3. The minimum Gasteiger partial charge on any atom is -0.457 e. The summed E-state index contributed by atoms with van der Waals surface area (Å²) in [4.78, 5) is 22.5. The molecule has 51 heavy (non-hydrogen) atoms. The second-order valence-corrected chi connectivity index (χ2v) is 15.8. The van der Waals surface area contributed by atoms with Gasteiger partial charge >= 0.3 is 13.8 Å². The highest BCUT2D eigenvalue weighted by atomic mass is 31.2. The summed E-state index contributed by atoms with van der Waals surface area (Å²) in [6, 6.07) is 0. The first kappa shape index (κ1) is 50.2. The number of rotatable bonds is 41. The molecule has 304 valence electrons. The lowest BCUT2D eigenvalue weighted by Gasteiger charge is -2.20. The number of ether oxygens (including phenoxy) is 2. The minimum atomic E-state index is -4.51. The lowest BCUT2D eigenvalue weighted by molar-refractivity contribution is -0.154. The lowest BCUT2D eigenvalue weighted by Crippen LogP contribution is -2.29. The van der Waals surface area contributed by atoms with E-state index in [1.807, 2.05) is 0 Å². The Bertz CT molecular complexity index is 810. The zero-order valence-corrected chi connectivity index (χ0v) is 34.0. The number of hydrogen-bond donors (Lipinski definition) is 3. The van der Waals surface area contributed by atoms with Crippen LogP contribution in [0.2, 0.25) is 0 Å². The van der Waals surface area contributed by atoms with Crippen molar-refractivity contribution in [3.05, 3.63) is 12.2 Å². The van der Waals surface area contributed by atoms with Crippen LogP contribution in [-0.2, 0) is 27.9 Å². The predicted molar refractivity (Wildman–Crippen MR) is 210 cm³/mol. The molecule has 3 atom stereocenters. The molecule has 0 spiro atoms. The van der Waals surface area contributed by atoms with Gasteiger partial charge in [-0.25, -0.2) is 4.57 Å². The van der Waals surface area contributed by atoms with Crippen molar-refractivity contribution in [2.45, 2.75) is 212 Å². The molecule has 3 N–H and O–H groups in total. The van der Waals surface area contributed by atoms with Gasteiger partial charge < -0.3 is 24.6 Å². The van der Waals surface area contributed by atoms with Crippen molar-refractivity contribution in [3.63, 3.8) is 0 Å². The van der Waals surface area contributed by atoms with Crippen LogP contribution < -0.4 is 0 Å². The van der Waals surface area contributed by atoms with Gasteiger partial charge in [0.25, 0.3) is 0 Å². The smallest absolute Gasteiger partial charge is 0.457 e. The van der Waals surface area contributed by atoms with E-state index in [0.29, 0.717) is 6.61 Å². The number of aliphatic hydroxyl groups excluding tert-OH is 2. The Morgan fingerprint density at radius 1 is 0.588 bits per heavy atom. The highest BCUT2D eigenvalue weighted by Gasteiger charge is 2.26. The number of phosphoric acid groups is 1. The van der Waals surface area contributed by atoms with Crippen LogP contribution in [0.15, 0.2) is 12.2 Å². The molecule has 0 aromatic rings. The molecule has 9 nitrogen and oxygen atoms in total. The van der Waals surface area contributed by atoms with Crippen molar-refractivity contribution in [1.82, 2.24) is 0 Å². The third-order valence-corrected chi connectivity index (χ3v) is 10.2. The van der Waals surface area contributed by atoms with Gasteiger partial charge in [0.15, 0.2) is 0 Å². The number of esters is 1. The van der Waals surface area contributed by atoms with Crippen LogP contribution in [-0.4, -0.2) is 66.3 Å². The van der Waals surface area contributed by atoms with Crippen LogP contribution in [0.25, 0.3) is 0 Å². The topological polar surface area (TPSA) is 132 Å². The van der Waals surface area contributed by atoms with E-state index >= 15 is 0 Å². The minimum absolute atomic E-state index is 0.0531. The Morgan fingerprint density at radius 3 is 1.47 bits per heavy atom. The molecule has 0 rings (SSSR count). The molecule has 0 aromatic heterocycles. The van der Waals surface area contributed by atoms with Crippen LogP contribution in [0.1, 0.15) is 200 Å². The van der Waals surface area contributed by atoms with Crippen molar-refractivity contribution < 1.29 is 43.0 Å². The average Bonchev–Trinajstić information content (AvgIpc) is 3.12. The molecule has 0 amide bonds. The van der Waals surface area contributed by atoms with E-state index in [1.54, 1.807) is 0 Å². The third-order valence-electron chi connectivity index (χ3n) is 9.20. The van der Waals surface area contributed by atoms with Crippen LogP contribution in [0.4, 0.5) is 0 Å². The fourth-order valence-electron chi connectivity index (χ4n) is 5.94. The summed E-state index contributed by atoms with van der Waals surface area (Å²) in [5.74, 6) is -0.384. The zero-order chi connectivity index (χ0) is 37.5. The Labute approximate surface area is 313 Å². The summed E-state index contributed by atoms with van der Waals surface area (Å²) in [6.07, 6.45) is 37.3. The molecular weight excluding hydrogens is 667 g/mol. The quantitative estimate of drug-likeness (QED) is 0.0242. The van der Waals surface area contributed by atoms with Gasteiger partial charge in [-0.1, -0.05) is 167 Å². The molecular formula is C41H81O9P. The van der Waals surface area contributed by atoms with Gasteiger partial charge in [-0.2, -0.15) is 0 Å². The molecule has 0 aliphatic carbocycles. The van der Waals surface area contributed by atoms with E-state index in [1.165, 1.54) is 135 Å². The molecule has 0 saturated heterocycles. The van der Waals surface area contributed by atoms with Gasteiger partial charge in [-0.05, 0) is 38.5 Å². The van der Waals surface area contributed by atoms with Gasteiger partial charge in [0.05, 0.1) is 26.4 Å². The lowest BCUT2D eigenvalue weighted by atomic mass is 10.0. The van der Waals surface area contributed by atoms with Gasteiger partial charge in [0, 0.05) is 13.0 Å². The monoisotopic (exact) mass is 749 g/mol. The number of phosphoric ester groups is 1.